The average molecular weight is 248 g/mol. The maximum absolute atomic E-state index is 11.6. The summed E-state index contributed by atoms with van der Waals surface area (Å²) in [4.78, 5) is 21.7. The van der Waals surface area contributed by atoms with Crippen molar-refractivity contribution in [2.75, 3.05) is 0 Å². The molecule has 1 aromatic carbocycles. The van der Waals surface area contributed by atoms with Crippen LogP contribution in [-0.2, 0) is 0 Å². The summed E-state index contributed by atoms with van der Waals surface area (Å²) in [6.07, 6.45) is 0. The number of oxime groups is 1. The minimum Gasteiger partial charge on any atom is -0.422 e. The fourth-order valence-electron chi connectivity index (χ4n) is 1.53. The topological polar surface area (TPSA) is 106 Å². The van der Waals surface area contributed by atoms with E-state index in [2.05, 4.69) is 5.16 Å². The summed E-state index contributed by atoms with van der Waals surface area (Å²) in [5.41, 5.74) is -0.393. The van der Waals surface area contributed by atoms with Crippen molar-refractivity contribution in [1.82, 2.24) is 0 Å². The summed E-state index contributed by atoms with van der Waals surface area (Å²) in [7, 11) is 0. The fraction of sp³-hybridized carbons (Fsp3) is 0.0909. The Kier molecular flexibility index (Phi) is 2.80. The van der Waals surface area contributed by atoms with E-state index in [9.17, 15) is 14.9 Å². The summed E-state index contributed by atoms with van der Waals surface area (Å²) >= 11 is 0. The maximum atomic E-state index is 11.6. The molecule has 0 aliphatic rings. The summed E-state index contributed by atoms with van der Waals surface area (Å²) in [5, 5.41) is 22.6. The number of nitro groups is 1. The van der Waals surface area contributed by atoms with Crippen molar-refractivity contribution < 1.29 is 14.5 Å². The number of rotatable bonds is 2. The largest absolute Gasteiger partial charge is 0.422 e. The Morgan fingerprint density at radius 1 is 1.44 bits per heavy atom. The molecule has 2 rings (SSSR count). The lowest BCUT2D eigenvalue weighted by molar-refractivity contribution is -0.384. The van der Waals surface area contributed by atoms with E-state index in [-0.39, 0.29) is 22.5 Å². The van der Waals surface area contributed by atoms with E-state index in [4.69, 9.17) is 9.62 Å². The van der Waals surface area contributed by atoms with Crippen LogP contribution in [-0.4, -0.2) is 15.8 Å². The molecule has 0 spiro atoms. The van der Waals surface area contributed by atoms with Crippen LogP contribution in [0.15, 0.2) is 38.6 Å². The van der Waals surface area contributed by atoms with Crippen molar-refractivity contribution in [2.45, 2.75) is 6.92 Å². The summed E-state index contributed by atoms with van der Waals surface area (Å²) in [5.74, 6) is 0. The van der Waals surface area contributed by atoms with Crippen molar-refractivity contribution in [1.29, 1.82) is 0 Å². The number of nitrogens with zero attached hydrogens (tertiary/aromatic N) is 2. The second kappa shape index (κ2) is 4.28. The third-order valence-corrected chi connectivity index (χ3v) is 2.47. The molecule has 2 aromatic rings. The van der Waals surface area contributed by atoms with Crippen LogP contribution in [0, 0.1) is 10.1 Å². The molecule has 0 radical (unpaired) electrons. The Morgan fingerprint density at radius 3 is 2.78 bits per heavy atom. The molecule has 7 heteroatoms. The van der Waals surface area contributed by atoms with Gasteiger partial charge in [-0.1, -0.05) is 5.16 Å². The number of nitro benzene ring substituents is 1. The molecule has 92 valence electrons. The van der Waals surface area contributed by atoms with E-state index in [0.717, 1.165) is 0 Å². The summed E-state index contributed by atoms with van der Waals surface area (Å²) in [6, 6.07) is 5.28. The molecular weight excluding hydrogens is 240 g/mol. The smallest absolute Gasteiger partial charge is 0.345 e. The minimum absolute atomic E-state index is 0.0606. The van der Waals surface area contributed by atoms with Crippen LogP contribution in [0.5, 0.6) is 0 Å². The molecule has 0 unspecified atom stereocenters. The predicted octanol–water partition coefficient (Wildman–Crippen LogP) is 1.90. The van der Waals surface area contributed by atoms with Crippen LogP contribution in [0.3, 0.4) is 0 Å². The SMILES string of the molecule is C/C(=N/O)c1cc2cc([N+](=O)[O-])ccc2oc1=O. The lowest BCUT2D eigenvalue weighted by Gasteiger charge is -2.00. The molecule has 0 aliphatic carbocycles. The van der Waals surface area contributed by atoms with E-state index >= 15 is 0 Å². The predicted molar refractivity (Wildman–Crippen MR) is 63.1 cm³/mol. The van der Waals surface area contributed by atoms with Gasteiger partial charge >= 0.3 is 5.63 Å². The van der Waals surface area contributed by atoms with Gasteiger partial charge in [0.25, 0.3) is 5.69 Å². The van der Waals surface area contributed by atoms with Gasteiger partial charge in [0, 0.05) is 17.5 Å². The van der Waals surface area contributed by atoms with E-state index in [1.165, 1.54) is 31.2 Å². The van der Waals surface area contributed by atoms with Gasteiger partial charge in [-0.3, -0.25) is 10.1 Å². The molecule has 0 atom stereocenters. The van der Waals surface area contributed by atoms with Gasteiger partial charge in [-0.2, -0.15) is 0 Å². The highest BCUT2D eigenvalue weighted by Crippen LogP contribution is 2.20. The van der Waals surface area contributed by atoms with Gasteiger partial charge in [-0.15, -0.1) is 0 Å². The first-order valence-electron chi connectivity index (χ1n) is 4.94. The Bertz CT molecular complexity index is 717. The zero-order valence-electron chi connectivity index (χ0n) is 9.28. The van der Waals surface area contributed by atoms with Gasteiger partial charge in [-0.05, 0) is 19.1 Å². The number of fused-ring (bicyclic) bond motifs is 1. The molecule has 0 aliphatic heterocycles. The quantitative estimate of drug-likeness (QED) is 0.287. The molecule has 1 aromatic heterocycles. The normalized spacial score (nSPS) is 11.7. The van der Waals surface area contributed by atoms with Crippen molar-refractivity contribution in [2.24, 2.45) is 5.16 Å². The zero-order valence-corrected chi connectivity index (χ0v) is 9.28. The van der Waals surface area contributed by atoms with Gasteiger partial charge in [0.05, 0.1) is 16.2 Å². The van der Waals surface area contributed by atoms with Crippen molar-refractivity contribution >= 4 is 22.4 Å². The minimum atomic E-state index is -0.661. The van der Waals surface area contributed by atoms with E-state index in [1.807, 2.05) is 0 Å². The number of hydrogen-bond donors (Lipinski definition) is 1. The molecule has 1 heterocycles. The highest BCUT2D eigenvalue weighted by molar-refractivity contribution is 6.00. The van der Waals surface area contributed by atoms with E-state index in [1.54, 1.807) is 0 Å². The molecular formula is C11H8N2O5. The van der Waals surface area contributed by atoms with Crippen LogP contribution in [0.2, 0.25) is 0 Å². The Balaban J connectivity index is 2.75. The second-order valence-electron chi connectivity index (χ2n) is 3.61. The molecule has 0 saturated heterocycles. The third kappa shape index (κ3) is 1.93. The van der Waals surface area contributed by atoms with Crippen LogP contribution < -0.4 is 5.63 Å². The van der Waals surface area contributed by atoms with Crippen molar-refractivity contribution in [3.05, 3.63) is 50.4 Å². The highest BCUT2D eigenvalue weighted by Gasteiger charge is 2.12. The van der Waals surface area contributed by atoms with Crippen LogP contribution in [0.1, 0.15) is 12.5 Å². The maximum Gasteiger partial charge on any atom is 0.345 e. The van der Waals surface area contributed by atoms with Crippen molar-refractivity contribution in [3.63, 3.8) is 0 Å². The zero-order chi connectivity index (χ0) is 13.3. The molecule has 0 bridgehead atoms. The first kappa shape index (κ1) is 11.8. The van der Waals surface area contributed by atoms with Gasteiger partial charge in [0.1, 0.15) is 5.58 Å². The monoisotopic (exact) mass is 248 g/mol. The Morgan fingerprint density at radius 2 is 2.17 bits per heavy atom. The summed E-state index contributed by atoms with van der Waals surface area (Å²) in [6.45, 7) is 1.43. The first-order chi connectivity index (χ1) is 8.52. The number of non-ortho nitro benzene ring substituents is 1. The molecule has 18 heavy (non-hydrogen) atoms. The van der Waals surface area contributed by atoms with Crippen LogP contribution in [0.4, 0.5) is 5.69 Å². The van der Waals surface area contributed by atoms with Crippen LogP contribution >= 0.6 is 0 Å². The molecule has 0 saturated carbocycles. The molecule has 0 fully saturated rings. The average Bonchev–Trinajstić information content (AvgIpc) is 2.36. The van der Waals surface area contributed by atoms with Crippen LogP contribution in [0.25, 0.3) is 11.0 Å². The fourth-order valence-corrected chi connectivity index (χ4v) is 1.53. The van der Waals surface area contributed by atoms with Crippen molar-refractivity contribution in [3.8, 4) is 0 Å². The number of benzene rings is 1. The Hall–Kier alpha value is -2.70. The first-order valence-corrected chi connectivity index (χ1v) is 4.94. The summed E-state index contributed by atoms with van der Waals surface area (Å²) < 4.78 is 4.98. The molecule has 7 nitrogen and oxygen atoms in total. The number of hydrogen-bond acceptors (Lipinski definition) is 6. The van der Waals surface area contributed by atoms with E-state index < -0.39 is 10.5 Å². The van der Waals surface area contributed by atoms with Gasteiger partial charge in [0.15, 0.2) is 0 Å². The van der Waals surface area contributed by atoms with E-state index in [0.29, 0.717) is 5.39 Å². The third-order valence-electron chi connectivity index (χ3n) is 2.47. The molecule has 1 N–H and O–H groups in total. The lowest BCUT2D eigenvalue weighted by Crippen LogP contribution is -2.12. The second-order valence-corrected chi connectivity index (χ2v) is 3.61. The molecule has 0 amide bonds. The Labute approximate surface area is 100 Å². The van der Waals surface area contributed by atoms with Gasteiger partial charge < -0.3 is 9.62 Å². The van der Waals surface area contributed by atoms with Gasteiger partial charge in [-0.25, -0.2) is 4.79 Å². The highest BCUT2D eigenvalue weighted by atomic mass is 16.6. The lowest BCUT2D eigenvalue weighted by atomic mass is 10.1. The standard InChI is InChI=1S/C11H8N2O5/c1-6(12-15)9-5-7-4-8(13(16)17)2-3-10(7)18-11(9)14/h2-5,15H,1H3/b12-6-. The van der Waals surface area contributed by atoms with Gasteiger partial charge in [0.2, 0.25) is 0 Å².